The van der Waals surface area contributed by atoms with Crippen LogP contribution in [0.4, 0.5) is 5.69 Å². The Morgan fingerprint density at radius 3 is 2.10 bits per heavy atom. The Kier molecular flexibility index (Phi) is 8.40. The molecule has 0 aliphatic heterocycles. The number of ether oxygens (including phenoxy) is 1. The lowest BCUT2D eigenvalue weighted by Gasteiger charge is -2.30. The first-order valence-electron chi connectivity index (χ1n) is 10.2. The minimum Gasteiger partial charge on any atom is -0.458 e. The third kappa shape index (κ3) is 5.90. The highest BCUT2D eigenvalue weighted by Gasteiger charge is 2.46. The number of benzene rings is 2. The van der Waals surface area contributed by atoms with Gasteiger partial charge in [0, 0.05) is 12.9 Å². The summed E-state index contributed by atoms with van der Waals surface area (Å²) in [5, 5.41) is 3.12. The average molecular weight is 415 g/mol. The van der Waals surface area contributed by atoms with Crippen LogP contribution in [-0.2, 0) is 20.9 Å². The van der Waals surface area contributed by atoms with E-state index in [1.165, 1.54) is 0 Å². The van der Waals surface area contributed by atoms with Crippen LogP contribution >= 0.6 is 7.26 Å². The van der Waals surface area contributed by atoms with Crippen LogP contribution in [-0.4, -0.2) is 36.0 Å². The van der Waals surface area contributed by atoms with E-state index >= 15 is 0 Å². The first kappa shape index (κ1) is 23.1. The number of anilines is 1. The first-order valence-corrected chi connectivity index (χ1v) is 12.7. The molecule has 1 unspecified atom stereocenters. The molecule has 1 atom stereocenters. The zero-order valence-electron chi connectivity index (χ0n) is 18.2. The van der Waals surface area contributed by atoms with Gasteiger partial charge >= 0.3 is 5.97 Å². The monoisotopic (exact) mass is 414 g/mol. The van der Waals surface area contributed by atoms with Gasteiger partial charge in [-0.05, 0) is 51.3 Å². The van der Waals surface area contributed by atoms with Crippen molar-refractivity contribution in [1.82, 2.24) is 0 Å². The van der Waals surface area contributed by atoms with E-state index in [9.17, 15) is 9.59 Å². The van der Waals surface area contributed by atoms with Crippen molar-refractivity contribution in [2.24, 2.45) is 0 Å². The molecule has 0 bridgehead atoms. The molecule has 1 amide bonds. The summed E-state index contributed by atoms with van der Waals surface area (Å²) >= 11 is 0. The van der Waals surface area contributed by atoms with Crippen LogP contribution in [0.3, 0.4) is 0 Å². The maximum atomic E-state index is 13.1. The second kappa shape index (κ2) is 10.5. The standard InChI is InChI=1S/C24H32NO3P/c1-6-29(7-2,17-22(26)28-16-21-14-9-8-10-15-21)20(5)24(27)25-23-18(3)12-11-13-19(23)4/h8-15,20H,6-7,16-17H2,1-5H3/p+1. The Morgan fingerprint density at radius 1 is 0.966 bits per heavy atom. The quantitative estimate of drug-likeness (QED) is 0.440. The lowest BCUT2D eigenvalue weighted by molar-refractivity contribution is -0.141. The molecule has 2 aromatic rings. The highest BCUT2D eigenvalue weighted by molar-refractivity contribution is 7.78. The average Bonchev–Trinajstić information content (AvgIpc) is 2.73. The molecule has 0 saturated carbocycles. The molecule has 0 fully saturated rings. The van der Waals surface area contributed by atoms with Gasteiger partial charge in [0.2, 0.25) is 0 Å². The van der Waals surface area contributed by atoms with E-state index in [0.717, 1.165) is 34.7 Å². The fourth-order valence-corrected chi connectivity index (χ4v) is 7.09. The molecule has 29 heavy (non-hydrogen) atoms. The molecule has 0 saturated heterocycles. The number of nitrogens with one attached hydrogen (secondary N) is 1. The smallest absolute Gasteiger partial charge is 0.344 e. The summed E-state index contributed by atoms with van der Waals surface area (Å²) in [5.41, 5.74) is 3.73. The Labute approximate surface area is 175 Å². The number of amides is 1. The van der Waals surface area contributed by atoms with Crippen molar-refractivity contribution in [2.45, 2.75) is 46.9 Å². The predicted molar refractivity (Wildman–Crippen MR) is 123 cm³/mol. The molecule has 1 N–H and O–H groups in total. The van der Waals surface area contributed by atoms with Crippen LogP contribution < -0.4 is 5.32 Å². The van der Waals surface area contributed by atoms with E-state index in [-0.39, 0.29) is 24.1 Å². The molecule has 0 heterocycles. The van der Waals surface area contributed by atoms with Crippen LogP contribution in [0.15, 0.2) is 48.5 Å². The summed E-state index contributed by atoms with van der Waals surface area (Å²) in [6, 6.07) is 15.7. The second-order valence-corrected chi connectivity index (χ2v) is 12.4. The maximum absolute atomic E-state index is 13.1. The van der Waals surface area contributed by atoms with E-state index in [1.54, 1.807) is 0 Å². The SMILES string of the molecule is CC[P+](CC)(CC(=O)OCc1ccccc1)C(C)C(=O)Nc1c(C)cccc1C. The molecule has 2 rings (SSSR count). The van der Waals surface area contributed by atoms with Crippen LogP contribution in [0.25, 0.3) is 0 Å². The van der Waals surface area contributed by atoms with Gasteiger partial charge in [0.25, 0.3) is 5.91 Å². The van der Waals surface area contributed by atoms with E-state index in [2.05, 4.69) is 19.2 Å². The normalized spacial score (nSPS) is 12.3. The Hall–Kier alpha value is -2.19. The molecule has 4 nitrogen and oxygen atoms in total. The van der Waals surface area contributed by atoms with Crippen molar-refractivity contribution >= 4 is 24.8 Å². The minimum atomic E-state index is -1.84. The van der Waals surface area contributed by atoms with Gasteiger partial charge in [-0.3, -0.25) is 4.79 Å². The summed E-state index contributed by atoms with van der Waals surface area (Å²) in [6.45, 7) is 10.4. The van der Waals surface area contributed by atoms with Gasteiger partial charge in [0.05, 0.1) is 12.3 Å². The molecule has 0 aromatic heterocycles. The van der Waals surface area contributed by atoms with Crippen molar-refractivity contribution in [1.29, 1.82) is 0 Å². The third-order valence-electron chi connectivity index (χ3n) is 5.88. The van der Waals surface area contributed by atoms with E-state index in [0.29, 0.717) is 6.16 Å². The van der Waals surface area contributed by atoms with Crippen LogP contribution in [0.2, 0.25) is 0 Å². The fraction of sp³-hybridized carbons (Fsp3) is 0.417. The number of aryl methyl sites for hydroxylation is 2. The van der Waals surface area contributed by atoms with Gasteiger partial charge in [-0.2, -0.15) is 0 Å². The van der Waals surface area contributed by atoms with Gasteiger partial charge in [-0.25, -0.2) is 4.79 Å². The van der Waals surface area contributed by atoms with Gasteiger partial charge in [-0.15, -0.1) is 0 Å². The number of para-hydroxylation sites is 1. The molecule has 0 aliphatic carbocycles. The first-order chi connectivity index (χ1) is 13.8. The van der Waals surface area contributed by atoms with Gasteiger partial charge in [0.1, 0.15) is 12.3 Å². The Bertz CT molecular complexity index is 811. The van der Waals surface area contributed by atoms with Crippen molar-refractivity contribution in [2.75, 3.05) is 23.8 Å². The molecular formula is C24H33NO3P+. The maximum Gasteiger partial charge on any atom is 0.344 e. The molecule has 0 aliphatic rings. The van der Waals surface area contributed by atoms with Crippen LogP contribution in [0.1, 0.15) is 37.5 Å². The number of esters is 1. The molecule has 0 radical (unpaired) electrons. The van der Waals surface area contributed by atoms with E-state index in [1.807, 2.05) is 69.3 Å². The number of carbonyl (C=O) groups is 2. The molecule has 156 valence electrons. The number of hydrogen-bond acceptors (Lipinski definition) is 3. The zero-order chi connectivity index (χ0) is 21.4. The third-order valence-corrected chi connectivity index (χ3v) is 11.2. The van der Waals surface area contributed by atoms with Gasteiger partial charge < -0.3 is 10.1 Å². The topological polar surface area (TPSA) is 55.4 Å². The van der Waals surface area contributed by atoms with Gasteiger partial charge in [0.15, 0.2) is 6.16 Å². The van der Waals surface area contributed by atoms with E-state index in [4.69, 9.17) is 4.74 Å². The summed E-state index contributed by atoms with van der Waals surface area (Å²) in [5.74, 6) is -0.215. The predicted octanol–water partition coefficient (Wildman–Crippen LogP) is 5.43. The second-order valence-electron chi connectivity index (χ2n) is 7.59. The lowest BCUT2D eigenvalue weighted by Crippen LogP contribution is -2.33. The molecular weight excluding hydrogens is 381 g/mol. The molecule has 2 aromatic carbocycles. The Balaban J connectivity index is 2.08. The largest absolute Gasteiger partial charge is 0.458 e. The number of carbonyl (C=O) groups excluding carboxylic acids is 2. The van der Waals surface area contributed by atoms with E-state index < -0.39 is 7.26 Å². The number of hydrogen-bond donors (Lipinski definition) is 1. The van der Waals surface area contributed by atoms with Crippen molar-refractivity contribution in [3.63, 3.8) is 0 Å². The highest BCUT2D eigenvalue weighted by Crippen LogP contribution is 2.62. The zero-order valence-corrected chi connectivity index (χ0v) is 19.1. The highest BCUT2D eigenvalue weighted by atomic mass is 31.2. The van der Waals surface area contributed by atoms with Crippen molar-refractivity contribution in [3.05, 3.63) is 65.2 Å². The summed E-state index contributed by atoms with van der Waals surface area (Å²) in [4.78, 5) is 25.7. The lowest BCUT2D eigenvalue weighted by atomic mass is 10.1. The minimum absolute atomic E-state index is 0.00436. The Morgan fingerprint density at radius 2 is 1.55 bits per heavy atom. The summed E-state index contributed by atoms with van der Waals surface area (Å²) < 4.78 is 5.53. The summed E-state index contributed by atoms with van der Waals surface area (Å²) in [7, 11) is -1.84. The number of rotatable bonds is 9. The fourth-order valence-electron chi connectivity index (χ4n) is 3.66. The summed E-state index contributed by atoms with van der Waals surface area (Å²) in [6.07, 6.45) is 2.02. The van der Waals surface area contributed by atoms with Crippen molar-refractivity contribution < 1.29 is 14.3 Å². The molecule has 5 heteroatoms. The molecule has 0 spiro atoms. The van der Waals surface area contributed by atoms with Crippen molar-refractivity contribution in [3.8, 4) is 0 Å². The van der Waals surface area contributed by atoms with Gasteiger partial charge in [-0.1, -0.05) is 48.5 Å². The van der Waals surface area contributed by atoms with Crippen LogP contribution in [0, 0.1) is 13.8 Å². The van der Waals surface area contributed by atoms with Crippen LogP contribution in [0.5, 0.6) is 0 Å².